The quantitative estimate of drug-likeness (QED) is 0.0290. The summed E-state index contributed by atoms with van der Waals surface area (Å²) in [6.45, 7) is -10.7. The summed E-state index contributed by atoms with van der Waals surface area (Å²) in [4.78, 5) is 25.4. The van der Waals surface area contributed by atoms with Crippen LogP contribution in [0.4, 0.5) is 0 Å². The molecule has 11 aliphatic heterocycles. The molecule has 11 aliphatic rings. The second kappa shape index (κ2) is 45.8. The number of hydrogen-bond donors (Lipinski definition) is 35. The lowest BCUT2D eigenvalue weighted by Crippen LogP contribution is -2.70. The van der Waals surface area contributed by atoms with Gasteiger partial charge >= 0.3 is 0 Å². The van der Waals surface area contributed by atoms with Gasteiger partial charge in [0, 0.05) is 13.8 Å². The van der Waals surface area contributed by atoms with Crippen molar-refractivity contribution in [1.29, 1.82) is 0 Å². The molecule has 0 spiro atoms. The van der Waals surface area contributed by atoms with Crippen LogP contribution in [0.1, 0.15) is 13.8 Å². The lowest BCUT2D eigenvalue weighted by atomic mass is 9.94. The summed E-state index contributed by atoms with van der Waals surface area (Å²) in [6.07, 6.45) is -117. The third kappa shape index (κ3) is 22.6. The van der Waals surface area contributed by atoms with Crippen LogP contribution in [0.25, 0.3) is 0 Å². The van der Waals surface area contributed by atoms with Crippen molar-refractivity contribution in [3.05, 3.63) is 0 Å². The van der Waals surface area contributed by atoms with E-state index in [9.17, 15) is 178 Å². The van der Waals surface area contributed by atoms with E-state index in [1.54, 1.807) is 0 Å². The molecule has 0 aromatic carbocycles. The van der Waals surface area contributed by atoms with Crippen LogP contribution >= 0.6 is 0 Å². The van der Waals surface area contributed by atoms with Crippen molar-refractivity contribution in [2.45, 2.75) is 351 Å². The van der Waals surface area contributed by atoms with E-state index in [0.29, 0.717) is 0 Å². The average Bonchev–Trinajstić information content (AvgIpc) is 0.767. The Balaban J connectivity index is 0.978. The monoisotopic (exact) mass is 1880 g/mol. The molecule has 35 N–H and O–H groups in total. The molecule has 0 aromatic rings. The SMILES string of the molecule is CC(=O)N[C@@H]1[C@@H](O)[C@H](O[C@@H]2O[C@H](CO)[C@@H](O[C@@H]3O[C@H](CO[C@H]4O[C@H](CO[C@H]5O[C@H](CO)[C@@H](O)[C@H](O)[C@@H]5O)[C@@H](O)[C@H](O[C@H]5O[C@H](CO)[C@@H](O)[C@H](O)[C@@H]5O)[C@@H]4O)[C@@H](O)[C@H](O[C@H]4O[C@H](CO[C@H]5O[C@H](CO)[C@@H](O)[C@H](O)[C@@H]5O[C@H]5O[C@H](CO)[C@@H](O)[C@H](O)[C@@H]5O)[C@@H](O)[C@H](O)[C@@H]4O[C@H]4O[C@H](CO)[C@@H](O)[C@H](O)[C@@H]4O[C@H]4O[C@H](CO)[C@@H](O)[C@H](O)[C@@H]4O)[C@@H]3O)[C@H](O)[C@H]2NC(C)=O)[C@@H](CO)O[C@H]1O. The molecule has 55 atom stereocenters. The molecule has 128 heavy (non-hydrogen) atoms. The van der Waals surface area contributed by atoms with Gasteiger partial charge in [0.1, 0.15) is 268 Å². The molecular weight excluding hydrogens is 1760 g/mol. The van der Waals surface area contributed by atoms with Crippen LogP contribution < -0.4 is 10.6 Å². The van der Waals surface area contributed by atoms with Crippen molar-refractivity contribution in [2.75, 3.05) is 72.7 Å². The number of carbonyl (C=O) groups is 2. The van der Waals surface area contributed by atoms with E-state index in [2.05, 4.69) is 10.6 Å². The Labute approximate surface area is 722 Å². The van der Waals surface area contributed by atoms with Gasteiger partial charge in [0.25, 0.3) is 0 Å². The maximum atomic E-state index is 13.2. The van der Waals surface area contributed by atoms with Gasteiger partial charge in [-0.3, -0.25) is 9.59 Å². The molecular formula is C70H118N2O56. The number of nitrogens with one attached hydrogen (secondary N) is 2. The Morgan fingerprint density at radius 1 is 0.203 bits per heavy atom. The number of hydrogen-bond acceptors (Lipinski definition) is 56. The fourth-order valence-corrected chi connectivity index (χ4v) is 16.4. The zero-order valence-electron chi connectivity index (χ0n) is 67.7. The van der Waals surface area contributed by atoms with Gasteiger partial charge in [-0.25, -0.2) is 0 Å². The van der Waals surface area contributed by atoms with Crippen LogP contribution in [0, 0.1) is 0 Å². The lowest BCUT2D eigenvalue weighted by molar-refractivity contribution is -0.410. The third-order valence-electron chi connectivity index (χ3n) is 23.7. The van der Waals surface area contributed by atoms with Gasteiger partial charge in [0.2, 0.25) is 11.8 Å². The maximum absolute atomic E-state index is 13.2. The average molecular weight is 1880 g/mol. The van der Waals surface area contributed by atoms with Gasteiger partial charge < -0.3 is 279 Å². The smallest absolute Gasteiger partial charge is 0.217 e. The summed E-state index contributed by atoms with van der Waals surface area (Å²) in [5.41, 5.74) is 0. The minimum Gasteiger partial charge on any atom is -0.394 e. The minimum atomic E-state index is -2.77. The lowest BCUT2D eigenvalue weighted by Gasteiger charge is -2.51. The minimum absolute atomic E-state index is 0.830. The predicted octanol–water partition coefficient (Wildman–Crippen LogP) is -24.7. The Morgan fingerprint density at radius 3 is 0.828 bits per heavy atom. The molecule has 0 bridgehead atoms. The van der Waals surface area contributed by atoms with E-state index in [-0.39, 0.29) is 0 Å². The summed E-state index contributed by atoms with van der Waals surface area (Å²) in [5.74, 6) is -1.84. The topological polar surface area (TPSA) is 920 Å². The zero-order chi connectivity index (χ0) is 94.0. The van der Waals surface area contributed by atoms with E-state index in [1.807, 2.05) is 0 Å². The van der Waals surface area contributed by atoms with Gasteiger partial charge in [-0.05, 0) is 0 Å². The maximum Gasteiger partial charge on any atom is 0.217 e. The van der Waals surface area contributed by atoms with Gasteiger partial charge in [-0.15, -0.1) is 0 Å². The predicted molar refractivity (Wildman–Crippen MR) is 386 cm³/mol. The van der Waals surface area contributed by atoms with E-state index in [4.69, 9.17) is 99.5 Å². The Hall–Kier alpha value is -3.22. The van der Waals surface area contributed by atoms with Crippen molar-refractivity contribution in [1.82, 2.24) is 10.6 Å². The van der Waals surface area contributed by atoms with Crippen molar-refractivity contribution in [3.8, 4) is 0 Å². The molecule has 58 nitrogen and oxygen atoms in total. The number of rotatable bonds is 33. The Kier molecular flexibility index (Phi) is 37.7. The van der Waals surface area contributed by atoms with Gasteiger partial charge in [0.05, 0.1) is 72.7 Å². The summed E-state index contributed by atoms with van der Waals surface area (Å²) in [7, 11) is 0. The van der Waals surface area contributed by atoms with E-state index < -0.39 is 422 Å². The van der Waals surface area contributed by atoms with Crippen LogP contribution in [0.3, 0.4) is 0 Å². The molecule has 58 heteroatoms. The highest BCUT2D eigenvalue weighted by molar-refractivity contribution is 5.73. The molecule has 744 valence electrons. The number of aliphatic hydroxyl groups excluding tert-OH is 33. The van der Waals surface area contributed by atoms with E-state index >= 15 is 0 Å². The Bertz CT molecular complexity index is 3380. The number of aliphatic hydroxyl groups is 33. The van der Waals surface area contributed by atoms with E-state index in [0.717, 1.165) is 13.8 Å². The van der Waals surface area contributed by atoms with Crippen LogP contribution in [0.15, 0.2) is 0 Å². The summed E-state index contributed by atoms with van der Waals surface area (Å²) >= 11 is 0. The molecule has 11 heterocycles. The molecule has 2 amide bonds. The normalized spacial score (nSPS) is 51.7. The van der Waals surface area contributed by atoms with Gasteiger partial charge in [-0.2, -0.15) is 0 Å². The van der Waals surface area contributed by atoms with Crippen LogP contribution in [0.5, 0.6) is 0 Å². The van der Waals surface area contributed by atoms with Crippen LogP contribution in [0.2, 0.25) is 0 Å². The fraction of sp³-hybridized carbons (Fsp3) is 0.971. The first-order valence-corrected chi connectivity index (χ1v) is 40.7. The fourth-order valence-electron chi connectivity index (χ4n) is 16.4. The van der Waals surface area contributed by atoms with Crippen molar-refractivity contribution < 1.29 is 278 Å². The largest absolute Gasteiger partial charge is 0.394 e. The molecule has 11 fully saturated rings. The van der Waals surface area contributed by atoms with Gasteiger partial charge in [-0.1, -0.05) is 0 Å². The van der Waals surface area contributed by atoms with Crippen LogP contribution in [-0.4, -0.2) is 591 Å². The third-order valence-corrected chi connectivity index (χ3v) is 23.7. The molecule has 0 radical (unpaired) electrons. The number of ether oxygens (including phenoxy) is 21. The molecule has 11 rings (SSSR count). The summed E-state index contributed by atoms with van der Waals surface area (Å²) in [6, 6.07) is -3.74. The van der Waals surface area contributed by atoms with Crippen LogP contribution in [-0.2, 0) is 109 Å². The first-order valence-electron chi connectivity index (χ1n) is 40.7. The highest BCUT2D eigenvalue weighted by Crippen LogP contribution is 2.41. The summed E-state index contributed by atoms with van der Waals surface area (Å²) in [5, 5.41) is 372. The standard InChI is InChI=1S/C70H118N2O56/c1-14(81)71-27-38(92)53(22(9-79)111-60(27)107)122-61-28(72-15(2)82)39(93)54(23(10-80)118-61)123-67-52(106)56(37(91)26(120-67)13-109-63-51(105)55(124-64-48(102)41(95)30(84)17(4-74)113-64)36(90)25(119-63)12-108-62-47(101)40(94)29(83)16(3-73)112-62)125-70-59(128-69-58(45(99)34(88)21(8-78)117-69)127-66-50(104)43(97)32(86)19(6-76)115-66)46(100)35(89)24(121-70)11-110-68-57(44(98)33(87)20(7-77)116-68)126-65-49(103)42(96)31(85)18(5-75)114-65/h16-70,73-80,83-107H,3-13H2,1-2H3,(H,71,81)(H,72,82)/t16-,17-,18-,19-,20-,21-,22-,23-,24-,25-,26-,27-,28-,29-,30-,31-,32-,33-,34-,35-,36-,37-,38-,39-,40+,41+,42+,43+,44+,45+,46+,47+,48+,49+,50+,51+,52+,53-,54-,55+,56+,57+,58+,59+,60-,61+,62+,63+,64-,65-,66-,67+,68+,69-,70-/m1/s1. The van der Waals surface area contributed by atoms with Crippen molar-refractivity contribution in [3.63, 3.8) is 0 Å². The molecule has 0 saturated carbocycles. The van der Waals surface area contributed by atoms with Crippen molar-refractivity contribution in [2.24, 2.45) is 0 Å². The zero-order valence-corrected chi connectivity index (χ0v) is 67.7. The van der Waals surface area contributed by atoms with Gasteiger partial charge in [0.15, 0.2) is 69.2 Å². The molecule has 0 unspecified atom stereocenters. The second-order valence-corrected chi connectivity index (χ2v) is 32.4. The number of carbonyl (C=O) groups excluding carboxylic acids is 2. The van der Waals surface area contributed by atoms with E-state index in [1.165, 1.54) is 0 Å². The number of amides is 2. The molecule has 0 aliphatic carbocycles. The molecule has 11 saturated heterocycles. The summed E-state index contributed by atoms with van der Waals surface area (Å²) < 4.78 is 123. The van der Waals surface area contributed by atoms with Crippen molar-refractivity contribution >= 4 is 11.8 Å². The highest BCUT2D eigenvalue weighted by atomic mass is 16.8. The first kappa shape index (κ1) is 105. The molecule has 0 aromatic heterocycles. The highest BCUT2D eigenvalue weighted by Gasteiger charge is 2.62. The second-order valence-electron chi connectivity index (χ2n) is 32.4. The Morgan fingerprint density at radius 2 is 0.430 bits per heavy atom. The first-order chi connectivity index (χ1) is 60.6.